The van der Waals surface area contributed by atoms with Crippen molar-refractivity contribution in [3.05, 3.63) is 0 Å². The van der Waals surface area contributed by atoms with Gasteiger partial charge in [0.25, 0.3) is 0 Å². The molecule has 0 aromatic rings. The standard InChI is InChI=1S/C15H22O5/c1-12-5-6-14(7-16,10-9(12)19-10)13(2)4-3-8-15(13,17)11(18-8)20-12/h8-11,16-17H,3-7H2,1-2H3/t8-,9+,10-,11-,12+,13-,14+,15+/m0/s1. The van der Waals surface area contributed by atoms with Gasteiger partial charge in [-0.1, -0.05) is 6.92 Å². The first-order valence-corrected chi connectivity index (χ1v) is 7.73. The molecule has 2 N–H and O–H groups in total. The number of aliphatic hydroxyl groups is 2. The average molecular weight is 282 g/mol. The predicted octanol–water partition coefficient (Wildman–Crippen LogP) is 0.571. The fourth-order valence-electron chi connectivity index (χ4n) is 5.78. The first kappa shape index (κ1) is 12.4. The largest absolute Gasteiger partial charge is 0.396 e. The van der Waals surface area contributed by atoms with E-state index >= 15 is 0 Å². The lowest BCUT2D eigenvalue weighted by Crippen LogP contribution is -2.77. The van der Waals surface area contributed by atoms with Crippen LogP contribution in [-0.2, 0) is 14.2 Å². The Hall–Kier alpha value is -0.200. The maximum atomic E-state index is 11.3. The lowest BCUT2D eigenvalue weighted by atomic mass is 9.49. The molecule has 0 spiro atoms. The molecule has 6 aliphatic rings. The molecule has 2 saturated carbocycles. The third-order valence-corrected chi connectivity index (χ3v) is 7.39. The van der Waals surface area contributed by atoms with Crippen LogP contribution >= 0.6 is 0 Å². The molecule has 112 valence electrons. The molecule has 0 aromatic carbocycles. The molecule has 4 saturated heterocycles. The number of ether oxygens (including phenoxy) is 3. The minimum absolute atomic E-state index is 0.0144. The van der Waals surface area contributed by atoms with Gasteiger partial charge in [0.2, 0.25) is 0 Å². The van der Waals surface area contributed by atoms with E-state index in [9.17, 15) is 10.2 Å². The van der Waals surface area contributed by atoms with Crippen LogP contribution in [0.4, 0.5) is 0 Å². The van der Waals surface area contributed by atoms with Crippen LogP contribution in [0.1, 0.15) is 39.5 Å². The van der Waals surface area contributed by atoms with Crippen LogP contribution in [0.3, 0.4) is 0 Å². The Kier molecular flexibility index (Phi) is 1.92. The van der Waals surface area contributed by atoms with Gasteiger partial charge in [-0.25, -0.2) is 0 Å². The summed E-state index contributed by atoms with van der Waals surface area (Å²) in [5.74, 6) is 0. The van der Waals surface area contributed by atoms with Crippen LogP contribution in [-0.4, -0.2) is 52.6 Å². The highest BCUT2D eigenvalue weighted by Crippen LogP contribution is 2.73. The van der Waals surface area contributed by atoms with E-state index in [1.807, 2.05) is 0 Å². The van der Waals surface area contributed by atoms with E-state index in [0.29, 0.717) is 0 Å². The van der Waals surface area contributed by atoms with Gasteiger partial charge < -0.3 is 24.4 Å². The Labute approximate surface area is 118 Å². The van der Waals surface area contributed by atoms with Gasteiger partial charge in [0.1, 0.15) is 11.7 Å². The first-order valence-electron chi connectivity index (χ1n) is 7.73. The smallest absolute Gasteiger partial charge is 0.190 e. The van der Waals surface area contributed by atoms with E-state index < -0.39 is 22.9 Å². The van der Waals surface area contributed by atoms with Gasteiger partial charge in [-0.15, -0.1) is 0 Å². The number of hydrogen-bond acceptors (Lipinski definition) is 5. The van der Waals surface area contributed by atoms with Crippen molar-refractivity contribution in [2.75, 3.05) is 6.61 Å². The molecule has 8 atom stereocenters. The summed E-state index contributed by atoms with van der Waals surface area (Å²) in [5, 5.41) is 21.6. The second-order valence-electron chi connectivity index (χ2n) is 7.87. The van der Waals surface area contributed by atoms with E-state index in [1.54, 1.807) is 0 Å². The Morgan fingerprint density at radius 2 is 1.90 bits per heavy atom. The second kappa shape index (κ2) is 3.10. The van der Waals surface area contributed by atoms with Gasteiger partial charge >= 0.3 is 0 Å². The molecule has 4 heterocycles. The molecule has 6 rings (SSSR count). The van der Waals surface area contributed by atoms with E-state index in [4.69, 9.17) is 14.2 Å². The molecule has 6 fully saturated rings. The summed E-state index contributed by atoms with van der Waals surface area (Å²) in [6.45, 7) is 4.23. The summed E-state index contributed by atoms with van der Waals surface area (Å²) in [4.78, 5) is 0. The predicted molar refractivity (Wildman–Crippen MR) is 67.9 cm³/mol. The number of rotatable bonds is 1. The van der Waals surface area contributed by atoms with E-state index in [1.165, 1.54) is 0 Å². The van der Waals surface area contributed by atoms with Gasteiger partial charge in [0.05, 0.1) is 24.4 Å². The first-order chi connectivity index (χ1) is 9.41. The SMILES string of the molecule is C[C@]12CC[C@@H]3O[C@@H](O[C@]4(C)CC[C@@]1(CO)[C@H]1O[C@H]14)[C@]32O. The molecule has 4 aliphatic heterocycles. The van der Waals surface area contributed by atoms with E-state index in [-0.39, 0.29) is 30.3 Å². The van der Waals surface area contributed by atoms with Crippen LogP contribution in [0.5, 0.6) is 0 Å². The number of aliphatic hydroxyl groups excluding tert-OH is 1. The van der Waals surface area contributed by atoms with Crippen LogP contribution in [0.2, 0.25) is 0 Å². The highest BCUT2D eigenvalue weighted by atomic mass is 16.8. The fourth-order valence-corrected chi connectivity index (χ4v) is 5.78. The zero-order valence-corrected chi connectivity index (χ0v) is 12.0. The monoisotopic (exact) mass is 282 g/mol. The zero-order valence-electron chi connectivity index (χ0n) is 12.0. The van der Waals surface area contributed by atoms with Crippen molar-refractivity contribution in [3.8, 4) is 0 Å². The summed E-state index contributed by atoms with van der Waals surface area (Å²) < 4.78 is 17.9. The van der Waals surface area contributed by atoms with Crippen LogP contribution < -0.4 is 0 Å². The van der Waals surface area contributed by atoms with Crippen molar-refractivity contribution >= 4 is 0 Å². The van der Waals surface area contributed by atoms with Crippen molar-refractivity contribution in [2.24, 2.45) is 10.8 Å². The average Bonchev–Trinajstić information content (AvgIpc) is 3.19. The minimum Gasteiger partial charge on any atom is -0.396 e. The van der Waals surface area contributed by atoms with Gasteiger partial charge in [-0.2, -0.15) is 0 Å². The maximum absolute atomic E-state index is 11.3. The van der Waals surface area contributed by atoms with Crippen molar-refractivity contribution in [1.82, 2.24) is 0 Å². The third-order valence-electron chi connectivity index (χ3n) is 7.39. The second-order valence-corrected chi connectivity index (χ2v) is 7.87. The molecular weight excluding hydrogens is 260 g/mol. The van der Waals surface area contributed by atoms with Gasteiger partial charge in [-0.05, 0) is 32.6 Å². The van der Waals surface area contributed by atoms with Gasteiger partial charge in [-0.3, -0.25) is 0 Å². The van der Waals surface area contributed by atoms with Crippen molar-refractivity contribution in [2.45, 2.75) is 75.3 Å². The van der Waals surface area contributed by atoms with Crippen molar-refractivity contribution < 1.29 is 24.4 Å². The van der Waals surface area contributed by atoms with Crippen LogP contribution in [0.15, 0.2) is 0 Å². The Balaban J connectivity index is 1.72. The topological polar surface area (TPSA) is 71.5 Å². The molecule has 0 amide bonds. The lowest BCUT2D eigenvalue weighted by Gasteiger charge is -2.64. The van der Waals surface area contributed by atoms with Crippen LogP contribution in [0, 0.1) is 10.8 Å². The molecule has 0 unspecified atom stereocenters. The maximum Gasteiger partial charge on any atom is 0.190 e. The third kappa shape index (κ3) is 0.948. The molecule has 5 heteroatoms. The Bertz CT molecular complexity index is 497. The fraction of sp³-hybridized carbons (Fsp3) is 1.00. The zero-order chi connectivity index (χ0) is 14.0. The van der Waals surface area contributed by atoms with Crippen molar-refractivity contribution in [1.29, 1.82) is 0 Å². The normalized spacial score (nSPS) is 69.6. The van der Waals surface area contributed by atoms with Gasteiger partial charge in [0.15, 0.2) is 6.29 Å². The molecule has 2 bridgehead atoms. The lowest BCUT2D eigenvalue weighted by molar-refractivity contribution is -0.432. The Morgan fingerprint density at radius 1 is 1.10 bits per heavy atom. The molecule has 2 aliphatic carbocycles. The molecule has 20 heavy (non-hydrogen) atoms. The van der Waals surface area contributed by atoms with Gasteiger partial charge in [0, 0.05) is 10.8 Å². The number of fused-ring (bicyclic) bond motifs is 1. The van der Waals surface area contributed by atoms with Crippen molar-refractivity contribution in [3.63, 3.8) is 0 Å². The number of epoxide rings is 1. The quantitative estimate of drug-likeness (QED) is 0.688. The Morgan fingerprint density at radius 3 is 2.65 bits per heavy atom. The van der Waals surface area contributed by atoms with Crippen LogP contribution in [0.25, 0.3) is 0 Å². The molecule has 5 nitrogen and oxygen atoms in total. The van der Waals surface area contributed by atoms with E-state index in [2.05, 4.69) is 13.8 Å². The van der Waals surface area contributed by atoms with E-state index in [0.717, 1.165) is 25.7 Å². The summed E-state index contributed by atoms with van der Waals surface area (Å²) in [7, 11) is 0. The number of hydrogen-bond donors (Lipinski definition) is 2. The molecule has 0 aromatic heterocycles. The highest BCUT2D eigenvalue weighted by Gasteiger charge is 2.83. The molecule has 0 radical (unpaired) electrons. The summed E-state index contributed by atoms with van der Waals surface area (Å²) in [6.07, 6.45) is 2.72. The molecular formula is C15H22O5. The minimum atomic E-state index is -0.978. The summed E-state index contributed by atoms with van der Waals surface area (Å²) >= 11 is 0. The summed E-state index contributed by atoms with van der Waals surface area (Å²) in [5.41, 5.74) is -2.12. The summed E-state index contributed by atoms with van der Waals surface area (Å²) in [6, 6.07) is 0. The highest BCUT2D eigenvalue weighted by molar-refractivity contribution is 5.29.